The van der Waals surface area contributed by atoms with Crippen LogP contribution in [0.3, 0.4) is 0 Å². The maximum Gasteiger partial charge on any atom is 0.336 e. The summed E-state index contributed by atoms with van der Waals surface area (Å²) < 4.78 is 10.3. The molecule has 27 heavy (non-hydrogen) atoms. The Morgan fingerprint density at radius 3 is 2.26 bits per heavy atom. The van der Waals surface area contributed by atoms with Gasteiger partial charge < -0.3 is 9.15 Å². The Morgan fingerprint density at radius 1 is 0.963 bits per heavy atom. The van der Waals surface area contributed by atoms with E-state index in [1.165, 1.54) is 25.1 Å². The molecular formula is C20H13NO6. The first-order valence-corrected chi connectivity index (χ1v) is 8.18. The maximum absolute atomic E-state index is 12.5. The van der Waals surface area contributed by atoms with Gasteiger partial charge in [-0.05, 0) is 37.3 Å². The lowest BCUT2D eigenvalue weighted by atomic mass is 10.1. The molecular weight excluding hydrogens is 350 g/mol. The van der Waals surface area contributed by atoms with Crippen molar-refractivity contribution >= 4 is 28.8 Å². The van der Waals surface area contributed by atoms with Gasteiger partial charge in [-0.2, -0.15) is 0 Å². The van der Waals surface area contributed by atoms with Gasteiger partial charge in [0.05, 0.1) is 11.1 Å². The van der Waals surface area contributed by atoms with Gasteiger partial charge in [-0.25, -0.2) is 9.59 Å². The number of fused-ring (bicyclic) bond motifs is 2. The lowest BCUT2D eigenvalue weighted by Gasteiger charge is -2.20. The van der Waals surface area contributed by atoms with Gasteiger partial charge in [-0.1, -0.05) is 12.1 Å². The van der Waals surface area contributed by atoms with Crippen LogP contribution in [-0.4, -0.2) is 28.7 Å². The van der Waals surface area contributed by atoms with Gasteiger partial charge >= 0.3 is 11.6 Å². The third-order valence-corrected chi connectivity index (χ3v) is 4.37. The Bertz CT molecular complexity index is 1130. The molecule has 0 unspecified atom stereocenters. The standard InChI is InChI=1S/C20H13NO6/c1-11(21-18(23)14-4-2-3-5-15(14)19(21)24)20(25)26-13-8-6-12-7-9-17(22)27-16(12)10-13/h2-11H,1H3/t11-/m1/s1. The summed E-state index contributed by atoms with van der Waals surface area (Å²) in [6.07, 6.45) is 0. The van der Waals surface area contributed by atoms with E-state index in [0.717, 1.165) is 4.90 Å². The smallest absolute Gasteiger partial charge is 0.336 e. The van der Waals surface area contributed by atoms with Crippen LogP contribution >= 0.6 is 0 Å². The molecule has 134 valence electrons. The Kier molecular flexibility index (Phi) is 3.84. The van der Waals surface area contributed by atoms with E-state index >= 15 is 0 Å². The van der Waals surface area contributed by atoms with E-state index in [-0.39, 0.29) is 22.5 Å². The third kappa shape index (κ3) is 2.79. The predicted octanol–water partition coefficient (Wildman–Crippen LogP) is 2.38. The molecule has 0 bridgehead atoms. The Morgan fingerprint density at radius 2 is 1.59 bits per heavy atom. The van der Waals surface area contributed by atoms with E-state index < -0.39 is 29.5 Å². The maximum atomic E-state index is 12.5. The molecule has 0 fully saturated rings. The summed E-state index contributed by atoms with van der Waals surface area (Å²) in [5, 5.41) is 0.669. The fourth-order valence-electron chi connectivity index (χ4n) is 2.97. The van der Waals surface area contributed by atoms with Crippen LogP contribution in [-0.2, 0) is 4.79 Å². The predicted molar refractivity (Wildman–Crippen MR) is 94.5 cm³/mol. The molecule has 1 aliphatic rings. The fraction of sp³-hybridized carbons (Fsp3) is 0.100. The van der Waals surface area contributed by atoms with Crippen molar-refractivity contribution in [1.82, 2.24) is 4.90 Å². The lowest BCUT2D eigenvalue weighted by molar-refractivity contribution is -0.138. The zero-order valence-corrected chi connectivity index (χ0v) is 14.2. The van der Waals surface area contributed by atoms with E-state index in [4.69, 9.17) is 9.15 Å². The van der Waals surface area contributed by atoms with Gasteiger partial charge in [0.2, 0.25) is 0 Å². The monoisotopic (exact) mass is 363 g/mol. The van der Waals surface area contributed by atoms with Crippen LogP contribution in [0.5, 0.6) is 5.75 Å². The van der Waals surface area contributed by atoms with Crippen LogP contribution in [0.25, 0.3) is 11.0 Å². The minimum Gasteiger partial charge on any atom is -0.425 e. The van der Waals surface area contributed by atoms with Crippen LogP contribution in [0.2, 0.25) is 0 Å². The van der Waals surface area contributed by atoms with Crippen molar-refractivity contribution in [1.29, 1.82) is 0 Å². The summed E-state index contributed by atoms with van der Waals surface area (Å²) >= 11 is 0. The molecule has 2 heterocycles. The van der Waals surface area contributed by atoms with E-state index in [9.17, 15) is 19.2 Å². The molecule has 7 nitrogen and oxygen atoms in total. The largest absolute Gasteiger partial charge is 0.425 e. The van der Waals surface area contributed by atoms with Crippen molar-refractivity contribution in [2.24, 2.45) is 0 Å². The second-order valence-corrected chi connectivity index (χ2v) is 6.08. The summed E-state index contributed by atoms with van der Waals surface area (Å²) in [6.45, 7) is 1.42. The molecule has 0 spiro atoms. The quantitative estimate of drug-likeness (QED) is 0.307. The SMILES string of the molecule is C[C@H](C(=O)Oc1ccc2ccc(=O)oc2c1)N1C(=O)c2ccccc2C1=O. The number of rotatable bonds is 3. The molecule has 2 aromatic carbocycles. The Balaban J connectivity index is 1.58. The molecule has 1 aromatic heterocycles. The number of imide groups is 1. The van der Waals surface area contributed by atoms with Gasteiger partial charge in [0.1, 0.15) is 17.4 Å². The molecule has 7 heteroatoms. The molecule has 1 aliphatic heterocycles. The summed E-state index contributed by atoms with van der Waals surface area (Å²) in [5.41, 5.74) is 0.260. The highest BCUT2D eigenvalue weighted by Gasteiger charge is 2.41. The summed E-state index contributed by atoms with van der Waals surface area (Å²) in [4.78, 5) is 49.6. The second-order valence-electron chi connectivity index (χ2n) is 6.08. The van der Waals surface area contributed by atoms with Crippen molar-refractivity contribution in [3.8, 4) is 5.75 Å². The van der Waals surface area contributed by atoms with Gasteiger partial charge in [0.15, 0.2) is 0 Å². The van der Waals surface area contributed by atoms with E-state index in [2.05, 4.69) is 0 Å². The van der Waals surface area contributed by atoms with E-state index in [1.54, 1.807) is 36.4 Å². The van der Waals surface area contributed by atoms with Crippen molar-refractivity contribution in [2.75, 3.05) is 0 Å². The zero-order valence-electron chi connectivity index (χ0n) is 14.2. The number of hydrogen-bond acceptors (Lipinski definition) is 6. The van der Waals surface area contributed by atoms with E-state index in [1.807, 2.05) is 0 Å². The lowest BCUT2D eigenvalue weighted by Crippen LogP contribution is -2.44. The van der Waals surface area contributed by atoms with Gasteiger partial charge in [0.25, 0.3) is 11.8 Å². The van der Waals surface area contributed by atoms with Gasteiger partial charge in [-0.3, -0.25) is 14.5 Å². The first-order chi connectivity index (χ1) is 13.0. The number of hydrogen-bond donors (Lipinski definition) is 0. The first-order valence-electron chi connectivity index (χ1n) is 8.18. The fourth-order valence-corrected chi connectivity index (χ4v) is 2.97. The summed E-state index contributed by atoms with van der Waals surface area (Å²) in [5.74, 6) is -1.71. The normalized spacial score (nSPS) is 14.3. The molecule has 1 atom stereocenters. The van der Waals surface area contributed by atoms with Crippen molar-refractivity contribution in [3.63, 3.8) is 0 Å². The molecule has 3 aromatic rings. The average Bonchev–Trinajstić information content (AvgIpc) is 2.92. The molecule has 2 amide bonds. The number of carbonyl (C=O) groups excluding carboxylic acids is 3. The van der Waals surface area contributed by atoms with Gasteiger partial charge in [-0.15, -0.1) is 0 Å². The third-order valence-electron chi connectivity index (χ3n) is 4.37. The molecule has 0 radical (unpaired) electrons. The zero-order chi connectivity index (χ0) is 19.1. The van der Waals surface area contributed by atoms with Crippen molar-refractivity contribution in [3.05, 3.63) is 76.1 Å². The minimum atomic E-state index is -1.11. The highest BCUT2D eigenvalue weighted by molar-refractivity contribution is 6.22. The van der Waals surface area contributed by atoms with Crippen LogP contribution < -0.4 is 10.4 Å². The first kappa shape index (κ1) is 16.7. The van der Waals surface area contributed by atoms with Crippen molar-refractivity contribution in [2.45, 2.75) is 13.0 Å². The number of esters is 1. The van der Waals surface area contributed by atoms with E-state index in [0.29, 0.717) is 5.39 Å². The van der Waals surface area contributed by atoms with Gasteiger partial charge in [0, 0.05) is 17.5 Å². The highest BCUT2D eigenvalue weighted by Crippen LogP contribution is 2.26. The Hall–Kier alpha value is -3.74. The Labute approximate surface area is 152 Å². The van der Waals surface area contributed by atoms with Crippen molar-refractivity contribution < 1.29 is 23.5 Å². The summed E-state index contributed by atoms with van der Waals surface area (Å²) in [6, 6.07) is 12.7. The molecule has 4 rings (SSSR count). The molecule has 0 N–H and O–H groups in total. The number of benzene rings is 2. The molecule has 0 saturated heterocycles. The number of amides is 2. The van der Waals surface area contributed by atoms with Crippen LogP contribution in [0, 0.1) is 0 Å². The topological polar surface area (TPSA) is 93.9 Å². The van der Waals surface area contributed by atoms with Crippen LogP contribution in [0.1, 0.15) is 27.6 Å². The summed E-state index contributed by atoms with van der Waals surface area (Å²) in [7, 11) is 0. The number of carbonyl (C=O) groups is 3. The molecule has 0 aliphatic carbocycles. The minimum absolute atomic E-state index is 0.144. The van der Waals surface area contributed by atoms with Crippen LogP contribution in [0.15, 0.2) is 63.8 Å². The highest BCUT2D eigenvalue weighted by atomic mass is 16.5. The number of ether oxygens (including phenoxy) is 1. The average molecular weight is 363 g/mol. The molecule has 0 saturated carbocycles. The van der Waals surface area contributed by atoms with Crippen LogP contribution in [0.4, 0.5) is 0 Å². The number of nitrogens with zero attached hydrogens (tertiary/aromatic N) is 1. The second kappa shape index (κ2) is 6.21.